The summed E-state index contributed by atoms with van der Waals surface area (Å²) in [7, 11) is -3.71. The van der Waals surface area contributed by atoms with Gasteiger partial charge in [-0.15, -0.1) is 0 Å². The smallest absolute Gasteiger partial charge is 0.408 e. The first-order valence-corrected chi connectivity index (χ1v) is 8.94. The largest absolute Gasteiger partial charge is 0.417 e. The molecule has 3 rings (SSSR count). The molecule has 2 N–H and O–H groups in total. The molecule has 0 fully saturated rings. The number of aryl methyl sites for hydroxylation is 3. The molecular weight excluding hydrogens is 328 g/mol. The van der Waals surface area contributed by atoms with Crippen molar-refractivity contribution in [3.8, 4) is 0 Å². The predicted octanol–water partition coefficient (Wildman–Crippen LogP) is 2.52. The predicted molar refractivity (Wildman–Crippen MR) is 91.5 cm³/mol. The highest BCUT2D eigenvalue weighted by Crippen LogP contribution is 2.18. The average Bonchev–Trinajstić information content (AvgIpc) is 2.88. The van der Waals surface area contributed by atoms with Gasteiger partial charge in [0.2, 0.25) is 10.0 Å². The number of nitrogens with one attached hydrogen (secondary N) is 2. The molecule has 0 bridgehead atoms. The van der Waals surface area contributed by atoms with E-state index in [9.17, 15) is 13.2 Å². The fraction of sp³-hybridized carbons (Fsp3) is 0.235. The van der Waals surface area contributed by atoms with Crippen LogP contribution >= 0.6 is 0 Å². The lowest BCUT2D eigenvalue weighted by molar-refractivity contribution is 0.553. The molecule has 0 atom stereocenters. The van der Waals surface area contributed by atoms with Gasteiger partial charge in [-0.05, 0) is 55.2 Å². The number of fused-ring (bicyclic) bond motifs is 1. The van der Waals surface area contributed by atoms with E-state index in [0.29, 0.717) is 5.52 Å². The minimum absolute atomic E-state index is 0.0548. The third-order valence-electron chi connectivity index (χ3n) is 4.11. The summed E-state index contributed by atoms with van der Waals surface area (Å²) < 4.78 is 32.5. The van der Waals surface area contributed by atoms with Crippen LogP contribution in [0.15, 0.2) is 44.4 Å². The molecule has 0 aliphatic heterocycles. The van der Waals surface area contributed by atoms with Crippen molar-refractivity contribution in [2.24, 2.45) is 0 Å². The van der Waals surface area contributed by atoms with E-state index in [4.69, 9.17) is 4.42 Å². The molecule has 3 aromatic rings. The summed E-state index contributed by atoms with van der Waals surface area (Å²) in [4.78, 5) is 13.7. The van der Waals surface area contributed by atoms with Gasteiger partial charge < -0.3 is 4.42 Å². The lowest BCUT2D eigenvalue weighted by Crippen LogP contribution is -2.23. The minimum atomic E-state index is -3.71. The number of aromatic amines is 1. The fourth-order valence-corrected chi connectivity index (χ4v) is 3.58. The number of sulfonamides is 1. The van der Waals surface area contributed by atoms with Crippen molar-refractivity contribution in [3.63, 3.8) is 0 Å². The van der Waals surface area contributed by atoms with E-state index < -0.39 is 15.8 Å². The Labute approximate surface area is 139 Å². The molecule has 0 aliphatic rings. The molecule has 0 spiro atoms. The zero-order valence-corrected chi connectivity index (χ0v) is 14.5. The van der Waals surface area contributed by atoms with Gasteiger partial charge in [0.05, 0.1) is 10.4 Å². The Morgan fingerprint density at radius 2 is 1.75 bits per heavy atom. The summed E-state index contributed by atoms with van der Waals surface area (Å²) in [6.07, 6.45) is 0. The number of benzene rings is 2. The van der Waals surface area contributed by atoms with Gasteiger partial charge in [0, 0.05) is 12.6 Å². The van der Waals surface area contributed by atoms with Gasteiger partial charge in [-0.25, -0.2) is 17.9 Å². The van der Waals surface area contributed by atoms with Crippen molar-refractivity contribution in [2.45, 2.75) is 32.2 Å². The van der Waals surface area contributed by atoms with Crippen LogP contribution in [0.4, 0.5) is 0 Å². The molecule has 0 saturated heterocycles. The number of H-pyrrole nitrogens is 1. The van der Waals surface area contributed by atoms with Crippen LogP contribution in [0.5, 0.6) is 0 Å². The Hall–Kier alpha value is -2.38. The number of aromatic nitrogens is 1. The van der Waals surface area contributed by atoms with Gasteiger partial charge in [0.15, 0.2) is 5.58 Å². The Morgan fingerprint density at radius 3 is 2.50 bits per heavy atom. The summed E-state index contributed by atoms with van der Waals surface area (Å²) in [5.41, 5.74) is 4.93. The van der Waals surface area contributed by atoms with Crippen LogP contribution in [0.25, 0.3) is 11.1 Å². The number of oxazole rings is 1. The van der Waals surface area contributed by atoms with Crippen LogP contribution in [0.3, 0.4) is 0 Å². The van der Waals surface area contributed by atoms with E-state index in [1.807, 2.05) is 32.9 Å². The van der Waals surface area contributed by atoms with Crippen molar-refractivity contribution in [1.29, 1.82) is 0 Å². The third-order valence-corrected chi connectivity index (χ3v) is 5.51. The molecule has 0 aliphatic carbocycles. The van der Waals surface area contributed by atoms with Gasteiger partial charge in [-0.3, -0.25) is 4.98 Å². The lowest BCUT2D eigenvalue weighted by Gasteiger charge is -2.11. The third kappa shape index (κ3) is 3.13. The summed E-state index contributed by atoms with van der Waals surface area (Å²) >= 11 is 0. The molecule has 126 valence electrons. The van der Waals surface area contributed by atoms with Crippen LogP contribution in [-0.2, 0) is 16.6 Å². The van der Waals surface area contributed by atoms with E-state index >= 15 is 0 Å². The van der Waals surface area contributed by atoms with E-state index in [1.54, 1.807) is 0 Å². The molecule has 1 aromatic heterocycles. The first-order valence-electron chi connectivity index (χ1n) is 7.45. The zero-order chi connectivity index (χ0) is 17.5. The Morgan fingerprint density at radius 1 is 1.04 bits per heavy atom. The van der Waals surface area contributed by atoms with E-state index in [-0.39, 0.29) is 17.0 Å². The molecule has 0 radical (unpaired) electrons. The second-order valence-electron chi connectivity index (χ2n) is 5.86. The maximum absolute atomic E-state index is 12.5. The van der Waals surface area contributed by atoms with Crippen LogP contribution in [0.2, 0.25) is 0 Å². The van der Waals surface area contributed by atoms with Crippen molar-refractivity contribution in [1.82, 2.24) is 9.71 Å². The quantitative estimate of drug-likeness (QED) is 0.759. The normalized spacial score (nSPS) is 12.0. The first-order chi connectivity index (χ1) is 11.3. The maximum atomic E-state index is 12.5. The highest BCUT2D eigenvalue weighted by atomic mass is 32.2. The average molecular weight is 346 g/mol. The Kier molecular flexibility index (Phi) is 4.06. The minimum Gasteiger partial charge on any atom is -0.408 e. The van der Waals surface area contributed by atoms with E-state index in [2.05, 4.69) is 9.71 Å². The molecule has 7 heteroatoms. The molecule has 1 heterocycles. The molecule has 6 nitrogen and oxygen atoms in total. The maximum Gasteiger partial charge on any atom is 0.417 e. The number of hydrogen-bond acceptors (Lipinski definition) is 4. The second-order valence-corrected chi connectivity index (χ2v) is 7.63. The highest BCUT2D eigenvalue weighted by Gasteiger charge is 2.16. The molecule has 0 unspecified atom stereocenters. The van der Waals surface area contributed by atoms with E-state index in [1.165, 1.54) is 23.8 Å². The molecule has 2 aromatic carbocycles. The monoisotopic (exact) mass is 346 g/mol. The first kappa shape index (κ1) is 16.5. The van der Waals surface area contributed by atoms with Crippen molar-refractivity contribution in [3.05, 3.63) is 63.1 Å². The summed E-state index contributed by atoms with van der Waals surface area (Å²) in [6.45, 7) is 6.17. The van der Waals surface area contributed by atoms with Crippen LogP contribution in [0.1, 0.15) is 22.3 Å². The Bertz CT molecular complexity index is 1080. The van der Waals surface area contributed by atoms with Crippen LogP contribution < -0.4 is 10.5 Å². The summed E-state index contributed by atoms with van der Waals surface area (Å²) in [5.74, 6) is -0.613. The molecule has 0 saturated carbocycles. The molecular formula is C17H18N2O4S. The SMILES string of the molecule is Cc1cc(C)c(CNS(=O)(=O)c2ccc3[nH]c(=O)oc3c2)cc1C. The van der Waals surface area contributed by atoms with E-state index in [0.717, 1.165) is 16.7 Å². The van der Waals surface area contributed by atoms with Gasteiger partial charge in [0.25, 0.3) is 0 Å². The van der Waals surface area contributed by atoms with Gasteiger partial charge in [-0.1, -0.05) is 12.1 Å². The molecule has 24 heavy (non-hydrogen) atoms. The van der Waals surface area contributed by atoms with Crippen LogP contribution in [-0.4, -0.2) is 13.4 Å². The van der Waals surface area contributed by atoms with Gasteiger partial charge in [0.1, 0.15) is 0 Å². The number of rotatable bonds is 4. The zero-order valence-electron chi connectivity index (χ0n) is 13.6. The Balaban J connectivity index is 1.87. The van der Waals surface area contributed by atoms with Crippen molar-refractivity contribution < 1.29 is 12.8 Å². The van der Waals surface area contributed by atoms with Gasteiger partial charge in [-0.2, -0.15) is 0 Å². The standard InChI is InChI=1S/C17H18N2O4S/c1-10-6-12(3)13(7-11(10)2)9-18-24(21,22)14-4-5-15-16(8-14)23-17(20)19-15/h4-8,18H,9H2,1-3H3,(H,19,20). The van der Waals surface area contributed by atoms with Crippen molar-refractivity contribution in [2.75, 3.05) is 0 Å². The van der Waals surface area contributed by atoms with Crippen molar-refractivity contribution >= 4 is 21.1 Å². The highest BCUT2D eigenvalue weighted by molar-refractivity contribution is 7.89. The van der Waals surface area contributed by atoms with Crippen LogP contribution in [0, 0.1) is 20.8 Å². The number of hydrogen-bond donors (Lipinski definition) is 2. The summed E-state index contributed by atoms with van der Waals surface area (Å²) in [5, 5.41) is 0. The van der Waals surface area contributed by atoms with Gasteiger partial charge >= 0.3 is 5.76 Å². The fourth-order valence-electron chi connectivity index (χ4n) is 2.56. The topological polar surface area (TPSA) is 92.2 Å². The summed E-state index contributed by atoms with van der Waals surface area (Å²) in [6, 6.07) is 8.31. The lowest BCUT2D eigenvalue weighted by atomic mass is 10.0. The molecule has 0 amide bonds. The second kappa shape index (κ2) is 5.92.